The highest BCUT2D eigenvalue weighted by Gasteiger charge is 2.65. The molecule has 154 valence electrons. The molecule has 4 atom stereocenters. The van der Waals surface area contributed by atoms with E-state index in [1.165, 1.54) is 26.4 Å². The summed E-state index contributed by atoms with van der Waals surface area (Å²) < 4.78 is 11.4. The Hall–Kier alpha value is -1.91. The van der Waals surface area contributed by atoms with Crippen LogP contribution in [-0.4, -0.2) is 28.9 Å². The minimum atomic E-state index is -0.656. The number of rotatable bonds is 1. The first kappa shape index (κ1) is 19.4. The molecule has 1 aromatic rings. The highest BCUT2D eigenvalue weighted by atomic mass is 16.5. The first-order chi connectivity index (χ1) is 13.1. The van der Waals surface area contributed by atoms with Crippen LogP contribution in [0.15, 0.2) is 6.07 Å². The first-order valence-electron chi connectivity index (χ1n) is 10.4. The average molecular weight is 389 g/mol. The summed E-state index contributed by atoms with van der Waals surface area (Å²) in [4.78, 5) is 12.1. The van der Waals surface area contributed by atoms with E-state index in [1.54, 1.807) is 6.07 Å². The summed E-state index contributed by atoms with van der Waals surface area (Å²) in [6.45, 7) is 9.35. The van der Waals surface area contributed by atoms with E-state index in [0.717, 1.165) is 18.4 Å². The molecule has 2 aliphatic carbocycles. The molecule has 0 amide bonds. The molecule has 2 N–H and O–H groups in total. The van der Waals surface area contributed by atoms with E-state index in [2.05, 4.69) is 27.7 Å². The van der Waals surface area contributed by atoms with Gasteiger partial charge in [0.1, 0.15) is 11.2 Å². The third-order valence-corrected chi connectivity index (χ3v) is 8.33. The Morgan fingerprint density at radius 1 is 1.18 bits per heavy atom. The van der Waals surface area contributed by atoms with Gasteiger partial charge in [-0.2, -0.15) is 0 Å². The van der Waals surface area contributed by atoms with Gasteiger partial charge in [-0.05, 0) is 49.0 Å². The lowest BCUT2D eigenvalue weighted by Crippen LogP contribution is -2.64. The van der Waals surface area contributed by atoms with Crippen molar-refractivity contribution in [2.75, 3.05) is 7.11 Å². The Balaban J connectivity index is 1.83. The molecule has 1 spiro atoms. The van der Waals surface area contributed by atoms with Gasteiger partial charge in [0.15, 0.2) is 11.5 Å². The fourth-order valence-electron chi connectivity index (χ4n) is 6.85. The quantitative estimate of drug-likeness (QED) is 0.533. The SMILES string of the molecule is COC(=O)c1cc2c(c(O)c1O)O[C@@]1(C2)[C@@H](C)CC[C@H]2C(C)(C)CCC[C@@]21C. The van der Waals surface area contributed by atoms with Crippen LogP contribution < -0.4 is 4.74 Å². The number of benzene rings is 1. The van der Waals surface area contributed by atoms with Crippen molar-refractivity contribution in [1.82, 2.24) is 0 Å². The Morgan fingerprint density at radius 2 is 1.89 bits per heavy atom. The highest BCUT2D eigenvalue weighted by molar-refractivity contribution is 5.94. The maximum atomic E-state index is 12.1. The molecule has 0 unspecified atom stereocenters. The zero-order valence-electron chi connectivity index (χ0n) is 17.6. The second kappa shape index (κ2) is 6.04. The van der Waals surface area contributed by atoms with Crippen molar-refractivity contribution in [3.63, 3.8) is 0 Å². The van der Waals surface area contributed by atoms with Gasteiger partial charge in [-0.1, -0.05) is 34.1 Å². The third-order valence-electron chi connectivity index (χ3n) is 8.33. The predicted octanol–water partition coefficient (Wildman–Crippen LogP) is 4.82. The number of methoxy groups -OCH3 is 1. The highest BCUT2D eigenvalue weighted by Crippen LogP contribution is 2.67. The van der Waals surface area contributed by atoms with Gasteiger partial charge >= 0.3 is 5.97 Å². The molecule has 4 rings (SSSR count). The zero-order valence-corrected chi connectivity index (χ0v) is 17.6. The van der Waals surface area contributed by atoms with Crippen molar-refractivity contribution in [3.05, 3.63) is 17.2 Å². The van der Waals surface area contributed by atoms with E-state index in [-0.39, 0.29) is 22.1 Å². The lowest BCUT2D eigenvalue weighted by molar-refractivity contribution is -0.185. The average Bonchev–Trinajstić information content (AvgIpc) is 3.03. The van der Waals surface area contributed by atoms with Gasteiger partial charge in [0.25, 0.3) is 0 Å². The number of hydrogen-bond acceptors (Lipinski definition) is 5. The van der Waals surface area contributed by atoms with Crippen LogP contribution in [-0.2, 0) is 11.2 Å². The number of carbonyl (C=O) groups is 1. The molecule has 0 radical (unpaired) electrons. The lowest BCUT2D eigenvalue weighted by atomic mass is 9.44. The molecule has 0 saturated heterocycles. The lowest BCUT2D eigenvalue weighted by Gasteiger charge is -2.63. The van der Waals surface area contributed by atoms with Gasteiger partial charge in [-0.3, -0.25) is 0 Å². The summed E-state index contributed by atoms with van der Waals surface area (Å²) in [5, 5.41) is 21.0. The molecule has 1 heterocycles. The minimum absolute atomic E-state index is 0.00598. The van der Waals surface area contributed by atoms with E-state index in [0.29, 0.717) is 24.0 Å². The molecule has 2 fully saturated rings. The largest absolute Gasteiger partial charge is 0.504 e. The van der Waals surface area contributed by atoms with Crippen LogP contribution in [0.25, 0.3) is 0 Å². The summed E-state index contributed by atoms with van der Waals surface area (Å²) in [6.07, 6.45) is 6.40. The van der Waals surface area contributed by atoms with Crippen LogP contribution in [0.4, 0.5) is 0 Å². The Bertz CT molecular complexity index is 829. The van der Waals surface area contributed by atoms with Crippen molar-refractivity contribution in [2.24, 2.45) is 22.7 Å². The third kappa shape index (κ3) is 2.34. The van der Waals surface area contributed by atoms with Crippen LogP contribution in [0.3, 0.4) is 0 Å². The summed E-state index contributed by atoms with van der Waals surface area (Å²) in [5.41, 5.74) is 0.564. The molecular formula is C23H32O5. The monoisotopic (exact) mass is 388 g/mol. The van der Waals surface area contributed by atoms with Crippen molar-refractivity contribution in [2.45, 2.75) is 71.8 Å². The van der Waals surface area contributed by atoms with Crippen molar-refractivity contribution < 1.29 is 24.5 Å². The van der Waals surface area contributed by atoms with Gasteiger partial charge in [-0.15, -0.1) is 0 Å². The Morgan fingerprint density at radius 3 is 2.57 bits per heavy atom. The number of hydrogen-bond donors (Lipinski definition) is 2. The van der Waals surface area contributed by atoms with Crippen molar-refractivity contribution >= 4 is 5.97 Å². The van der Waals surface area contributed by atoms with Gasteiger partial charge in [-0.25, -0.2) is 4.79 Å². The summed E-state index contributed by atoms with van der Waals surface area (Å²) in [7, 11) is 1.27. The number of fused-ring (bicyclic) bond motifs is 3. The van der Waals surface area contributed by atoms with Crippen LogP contribution in [0.1, 0.15) is 75.7 Å². The van der Waals surface area contributed by atoms with E-state index in [1.807, 2.05) is 0 Å². The van der Waals surface area contributed by atoms with Crippen molar-refractivity contribution in [1.29, 1.82) is 0 Å². The molecular weight excluding hydrogens is 356 g/mol. The van der Waals surface area contributed by atoms with Crippen LogP contribution >= 0.6 is 0 Å². The molecule has 5 heteroatoms. The number of aromatic hydroxyl groups is 2. The van der Waals surface area contributed by atoms with E-state index >= 15 is 0 Å². The Labute approximate surface area is 167 Å². The molecule has 1 aromatic carbocycles. The molecule has 0 aromatic heterocycles. The Kier molecular flexibility index (Phi) is 4.19. The van der Waals surface area contributed by atoms with Crippen LogP contribution in [0, 0.1) is 22.7 Å². The van der Waals surface area contributed by atoms with Gasteiger partial charge in [0.2, 0.25) is 5.75 Å². The van der Waals surface area contributed by atoms with Crippen molar-refractivity contribution in [3.8, 4) is 17.2 Å². The fourth-order valence-corrected chi connectivity index (χ4v) is 6.85. The maximum absolute atomic E-state index is 12.1. The number of carbonyl (C=O) groups excluding carboxylic acids is 1. The summed E-state index contributed by atoms with van der Waals surface area (Å²) in [6, 6.07) is 1.64. The molecule has 3 aliphatic rings. The van der Waals surface area contributed by atoms with Gasteiger partial charge < -0.3 is 19.7 Å². The van der Waals surface area contributed by atoms with E-state index in [9.17, 15) is 15.0 Å². The molecule has 5 nitrogen and oxygen atoms in total. The minimum Gasteiger partial charge on any atom is -0.504 e. The summed E-state index contributed by atoms with van der Waals surface area (Å²) >= 11 is 0. The van der Waals surface area contributed by atoms with Crippen LogP contribution in [0.2, 0.25) is 0 Å². The van der Waals surface area contributed by atoms with Gasteiger partial charge in [0, 0.05) is 17.4 Å². The second-order valence-electron chi connectivity index (χ2n) is 10.1. The smallest absolute Gasteiger partial charge is 0.341 e. The van der Waals surface area contributed by atoms with Crippen LogP contribution in [0.5, 0.6) is 17.2 Å². The molecule has 28 heavy (non-hydrogen) atoms. The number of ether oxygens (including phenoxy) is 2. The number of phenols is 2. The van der Waals surface area contributed by atoms with E-state index in [4.69, 9.17) is 9.47 Å². The summed E-state index contributed by atoms with van der Waals surface area (Å²) in [5.74, 6) is -0.272. The maximum Gasteiger partial charge on any atom is 0.341 e. The topological polar surface area (TPSA) is 76.0 Å². The van der Waals surface area contributed by atoms with E-state index < -0.39 is 17.3 Å². The predicted molar refractivity (Wildman–Crippen MR) is 106 cm³/mol. The zero-order chi connectivity index (χ0) is 20.5. The fraction of sp³-hybridized carbons (Fsp3) is 0.696. The normalized spacial score (nSPS) is 35.8. The number of phenolic OH excluding ortho intramolecular Hbond substituents is 2. The molecule has 0 bridgehead atoms. The first-order valence-corrected chi connectivity index (χ1v) is 10.4. The standard InChI is InChI=1S/C23H32O5/c1-13-7-8-16-21(2,3)9-6-10-22(16,4)23(13)12-14-11-15(20(26)27-5)17(24)18(25)19(14)28-23/h11,13,16,24-25H,6-10,12H2,1-5H3/t13-,16-,22-,23-/m0/s1. The van der Waals surface area contributed by atoms with Gasteiger partial charge in [0.05, 0.1) is 7.11 Å². The molecule has 1 aliphatic heterocycles. The second-order valence-corrected chi connectivity index (χ2v) is 10.1. The molecule has 2 saturated carbocycles. The number of esters is 1.